The summed E-state index contributed by atoms with van der Waals surface area (Å²) < 4.78 is 0. The number of aryl methyl sites for hydroxylation is 1. The molecule has 1 aliphatic rings. The summed E-state index contributed by atoms with van der Waals surface area (Å²) in [4.78, 5) is 24.2. The van der Waals surface area contributed by atoms with Crippen LogP contribution in [0.5, 0.6) is 0 Å². The summed E-state index contributed by atoms with van der Waals surface area (Å²) >= 11 is 1.45. The lowest BCUT2D eigenvalue weighted by Gasteiger charge is -2.26. The highest BCUT2D eigenvalue weighted by Gasteiger charge is 2.26. The molecule has 1 N–H and O–H groups in total. The van der Waals surface area contributed by atoms with E-state index in [0.29, 0.717) is 0 Å². The molecule has 1 amide bonds. The second-order valence-corrected chi connectivity index (χ2v) is 6.64. The van der Waals surface area contributed by atoms with Crippen LogP contribution in [0.15, 0.2) is 47.4 Å². The smallest absolute Gasteiger partial charge is 0.282 e. The van der Waals surface area contributed by atoms with Crippen molar-refractivity contribution in [1.82, 2.24) is 5.32 Å². The fourth-order valence-corrected chi connectivity index (χ4v) is 3.56. The van der Waals surface area contributed by atoms with Crippen molar-refractivity contribution in [1.29, 1.82) is 0 Å². The molecule has 0 saturated heterocycles. The Kier molecular flexibility index (Phi) is 4.85. The molecule has 6 heteroatoms. The van der Waals surface area contributed by atoms with Crippen molar-refractivity contribution in [3.05, 3.63) is 69.3 Å². The lowest BCUT2D eigenvalue weighted by Crippen LogP contribution is -2.31. The lowest BCUT2D eigenvalue weighted by molar-refractivity contribution is -0.385. The van der Waals surface area contributed by atoms with E-state index in [-0.39, 0.29) is 23.2 Å². The molecule has 1 unspecified atom stereocenters. The van der Waals surface area contributed by atoms with E-state index in [1.165, 1.54) is 23.4 Å². The van der Waals surface area contributed by atoms with Crippen LogP contribution in [0, 0.1) is 10.1 Å². The first kappa shape index (κ1) is 16.5. The number of carbonyl (C=O) groups excluding carboxylic acids is 1. The van der Waals surface area contributed by atoms with Crippen LogP contribution in [0.2, 0.25) is 0 Å². The zero-order valence-electron chi connectivity index (χ0n) is 13.3. The van der Waals surface area contributed by atoms with Crippen LogP contribution >= 0.6 is 11.8 Å². The Hall–Kier alpha value is -2.34. The van der Waals surface area contributed by atoms with Crippen LogP contribution in [0.3, 0.4) is 0 Å². The fraction of sp³-hybridized carbons (Fsp3) is 0.278. The number of thioether (sulfide) groups is 1. The predicted molar refractivity (Wildman–Crippen MR) is 94.5 cm³/mol. The third-order valence-corrected chi connectivity index (χ3v) is 5.05. The van der Waals surface area contributed by atoms with E-state index >= 15 is 0 Å². The zero-order chi connectivity index (χ0) is 17.1. The van der Waals surface area contributed by atoms with Gasteiger partial charge in [0.15, 0.2) is 0 Å². The number of nitro groups is 1. The molecule has 1 aliphatic carbocycles. The molecule has 0 heterocycles. The summed E-state index contributed by atoms with van der Waals surface area (Å²) in [6.07, 6.45) is 4.72. The van der Waals surface area contributed by atoms with Gasteiger partial charge in [-0.05, 0) is 48.8 Å². The number of fused-ring (bicyclic) bond motifs is 1. The molecule has 0 fully saturated rings. The van der Waals surface area contributed by atoms with Crippen molar-refractivity contribution in [2.75, 3.05) is 6.26 Å². The number of benzene rings is 2. The van der Waals surface area contributed by atoms with Crippen molar-refractivity contribution in [2.45, 2.75) is 30.2 Å². The van der Waals surface area contributed by atoms with Gasteiger partial charge in [0.2, 0.25) is 0 Å². The van der Waals surface area contributed by atoms with E-state index in [0.717, 1.165) is 29.7 Å². The maximum absolute atomic E-state index is 12.7. The van der Waals surface area contributed by atoms with E-state index < -0.39 is 4.92 Å². The number of hydrogen-bond acceptors (Lipinski definition) is 4. The maximum atomic E-state index is 12.7. The summed E-state index contributed by atoms with van der Waals surface area (Å²) in [7, 11) is 0. The van der Waals surface area contributed by atoms with Gasteiger partial charge in [-0.15, -0.1) is 11.8 Å². The summed E-state index contributed by atoms with van der Waals surface area (Å²) in [6.45, 7) is 0. The lowest BCUT2D eigenvalue weighted by atomic mass is 9.87. The largest absolute Gasteiger partial charge is 0.345 e. The standard InChI is InChI=1S/C18H18N2O3S/c1-24-13-9-10-17(20(22)23)15(11-13)18(21)19-16-8-4-6-12-5-2-3-7-14(12)16/h2-3,5,7,9-11,16H,4,6,8H2,1H3,(H,19,21). The van der Waals surface area contributed by atoms with E-state index in [1.807, 2.05) is 24.5 Å². The van der Waals surface area contributed by atoms with Gasteiger partial charge in [0.05, 0.1) is 11.0 Å². The average Bonchev–Trinajstić information content (AvgIpc) is 2.61. The molecule has 3 rings (SSSR count). The molecular weight excluding hydrogens is 324 g/mol. The van der Waals surface area contributed by atoms with E-state index in [2.05, 4.69) is 11.4 Å². The van der Waals surface area contributed by atoms with Gasteiger partial charge in [-0.3, -0.25) is 14.9 Å². The highest BCUT2D eigenvalue weighted by atomic mass is 32.2. The first-order valence-corrected chi connectivity index (χ1v) is 9.03. The van der Waals surface area contributed by atoms with Crippen LogP contribution in [0.25, 0.3) is 0 Å². The molecule has 24 heavy (non-hydrogen) atoms. The second-order valence-electron chi connectivity index (χ2n) is 5.76. The number of nitro benzene ring substituents is 1. The molecular formula is C18H18N2O3S. The molecule has 0 aliphatic heterocycles. The quantitative estimate of drug-likeness (QED) is 0.515. The van der Waals surface area contributed by atoms with Gasteiger partial charge in [-0.2, -0.15) is 0 Å². The Bertz CT molecular complexity index is 792. The Morgan fingerprint density at radius 2 is 2.08 bits per heavy atom. The Labute approximate surface area is 144 Å². The second kappa shape index (κ2) is 7.05. The molecule has 124 valence electrons. The summed E-state index contributed by atoms with van der Waals surface area (Å²) in [6, 6.07) is 12.6. The number of nitrogens with zero attached hydrogens (tertiary/aromatic N) is 1. The number of hydrogen-bond donors (Lipinski definition) is 1. The summed E-state index contributed by atoms with van der Waals surface area (Å²) in [5.41, 5.74) is 2.31. The SMILES string of the molecule is CSc1ccc([N+](=O)[O-])c(C(=O)NC2CCCc3ccccc32)c1. The molecule has 0 saturated carbocycles. The van der Waals surface area contributed by atoms with E-state index in [4.69, 9.17) is 0 Å². The number of nitrogens with one attached hydrogen (secondary N) is 1. The number of carbonyl (C=O) groups is 1. The van der Waals surface area contributed by atoms with Crippen LogP contribution in [0.4, 0.5) is 5.69 Å². The first-order valence-electron chi connectivity index (χ1n) is 7.81. The Balaban J connectivity index is 1.90. The molecule has 1 atom stereocenters. The van der Waals surface area contributed by atoms with Crippen molar-refractivity contribution >= 4 is 23.4 Å². The van der Waals surface area contributed by atoms with Gasteiger partial charge in [-0.1, -0.05) is 24.3 Å². The maximum Gasteiger partial charge on any atom is 0.282 e. The van der Waals surface area contributed by atoms with Crippen LogP contribution < -0.4 is 5.32 Å². The predicted octanol–water partition coefficient (Wildman–Crippen LogP) is 4.12. The van der Waals surface area contributed by atoms with Gasteiger partial charge >= 0.3 is 0 Å². The minimum absolute atomic E-state index is 0.0972. The van der Waals surface area contributed by atoms with Gasteiger partial charge in [0.1, 0.15) is 5.56 Å². The monoisotopic (exact) mass is 342 g/mol. The minimum atomic E-state index is -0.506. The van der Waals surface area contributed by atoms with Gasteiger partial charge in [0.25, 0.3) is 11.6 Å². The average molecular weight is 342 g/mol. The van der Waals surface area contributed by atoms with Gasteiger partial charge in [0, 0.05) is 11.0 Å². The zero-order valence-corrected chi connectivity index (χ0v) is 14.1. The molecule has 5 nitrogen and oxygen atoms in total. The fourth-order valence-electron chi connectivity index (χ4n) is 3.12. The molecule has 0 bridgehead atoms. The van der Waals surface area contributed by atoms with Gasteiger partial charge < -0.3 is 5.32 Å². The normalized spacial score (nSPS) is 16.3. The van der Waals surface area contributed by atoms with Crippen LogP contribution in [-0.4, -0.2) is 17.1 Å². The van der Waals surface area contributed by atoms with Crippen molar-refractivity contribution in [2.24, 2.45) is 0 Å². The van der Waals surface area contributed by atoms with Crippen molar-refractivity contribution < 1.29 is 9.72 Å². The van der Waals surface area contributed by atoms with Crippen LogP contribution in [0.1, 0.15) is 40.4 Å². The van der Waals surface area contributed by atoms with Crippen molar-refractivity contribution in [3.63, 3.8) is 0 Å². The molecule has 0 aromatic heterocycles. The molecule has 0 spiro atoms. The third-order valence-electron chi connectivity index (χ3n) is 4.32. The third kappa shape index (κ3) is 3.28. The highest BCUT2D eigenvalue weighted by molar-refractivity contribution is 7.98. The molecule has 0 radical (unpaired) electrons. The highest BCUT2D eigenvalue weighted by Crippen LogP contribution is 2.31. The Morgan fingerprint density at radius 3 is 2.83 bits per heavy atom. The minimum Gasteiger partial charge on any atom is -0.345 e. The molecule has 2 aromatic rings. The summed E-state index contributed by atoms with van der Waals surface area (Å²) in [5, 5.41) is 14.2. The van der Waals surface area contributed by atoms with Gasteiger partial charge in [-0.25, -0.2) is 0 Å². The van der Waals surface area contributed by atoms with E-state index in [9.17, 15) is 14.9 Å². The van der Waals surface area contributed by atoms with E-state index in [1.54, 1.807) is 12.1 Å². The first-order chi connectivity index (χ1) is 11.6. The Morgan fingerprint density at radius 1 is 1.29 bits per heavy atom. The molecule has 2 aromatic carbocycles. The van der Waals surface area contributed by atoms with Crippen LogP contribution in [-0.2, 0) is 6.42 Å². The summed E-state index contributed by atoms with van der Waals surface area (Å²) in [5.74, 6) is -0.390. The number of amides is 1. The topological polar surface area (TPSA) is 72.2 Å². The number of rotatable bonds is 4. The van der Waals surface area contributed by atoms with Crippen molar-refractivity contribution in [3.8, 4) is 0 Å².